The zero-order valence-corrected chi connectivity index (χ0v) is 19.7. The van der Waals surface area contributed by atoms with Gasteiger partial charge in [-0.1, -0.05) is 41.9 Å². The van der Waals surface area contributed by atoms with Gasteiger partial charge < -0.3 is 9.64 Å². The minimum atomic E-state index is -3.53. The average Bonchev–Trinajstić information content (AvgIpc) is 2.78. The van der Waals surface area contributed by atoms with Gasteiger partial charge in [-0.3, -0.25) is 9.10 Å². The first-order valence-electron chi connectivity index (χ1n) is 9.88. The van der Waals surface area contributed by atoms with Gasteiger partial charge >= 0.3 is 0 Å². The Balaban J connectivity index is 1.78. The van der Waals surface area contributed by atoms with Crippen molar-refractivity contribution in [3.05, 3.63) is 94.5 Å². The first-order valence-corrected chi connectivity index (χ1v) is 12.1. The van der Waals surface area contributed by atoms with Crippen molar-refractivity contribution in [1.29, 1.82) is 0 Å². The molecule has 168 valence electrons. The van der Waals surface area contributed by atoms with E-state index in [0.29, 0.717) is 28.6 Å². The summed E-state index contributed by atoms with van der Waals surface area (Å²) in [6.07, 6.45) is 1.16. The van der Waals surface area contributed by atoms with Gasteiger partial charge in [0.25, 0.3) is 5.91 Å². The highest BCUT2D eigenvalue weighted by Crippen LogP contribution is 2.23. The van der Waals surface area contributed by atoms with Gasteiger partial charge in [0, 0.05) is 29.7 Å². The maximum atomic E-state index is 12.9. The topological polar surface area (TPSA) is 66.9 Å². The van der Waals surface area contributed by atoms with E-state index < -0.39 is 10.0 Å². The van der Waals surface area contributed by atoms with E-state index in [0.717, 1.165) is 17.4 Å². The van der Waals surface area contributed by atoms with Crippen molar-refractivity contribution in [2.24, 2.45) is 0 Å². The van der Waals surface area contributed by atoms with E-state index in [1.54, 1.807) is 67.6 Å². The van der Waals surface area contributed by atoms with E-state index in [2.05, 4.69) is 0 Å². The number of rotatable bonds is 8. The average molecular weight is 473 g/mol. The van der Waals surface area contributed by atoms with Crippen LogP contribution < -0.4 is 9.04 Å². The smallest absolute Gasteiger partial charge is 0.253 e. The van der Waals surface area contributed by atoms with Crippen LogP contribution >= 0.6 is 11.6 Å². The fourth-order valence-corrected chi connectivity index (χ4v) is 4.32. The van der Waals surface area contributed by atoms with Gasteiger partial charge in [0.05, 0.1) is 25.6 Å². The molecule has 6 nitrogen and oxygen atoms in total. The predicted octanol–water partition coefficient (Wildman–Crippen LogP) is 4.59. The quantitative estimate of drug-likeness (QED) is 0.481. The zero-order valence-electron chi connectivity index (χ0n) is 18.2. The van der Waals surface area contributed by atoms with Crippen LogP contribution in [-0.2, 0) is 23.1 Å². The number of benzene rings is 3. The summed E-state index contributed by atoms with van der Waals surface area (Å²) >= 11 is 5.92. The molecular formula is C24H25ClN2O4S. The van der Waals surface area contributed by atoms with Crippen molar-refractivity contribution >= 4 is 33.2 Å². The van der Waals surface area contributed by atoms with Crippen molar-refractivity contribution in [2.45, 2.75) is 13.1 Å². The normalized spacial score (nSPS) is 11.1. The molecular weight excluding hydrogens is 448 g/mol. The van der Waals surface area contributed by atoms with Crippen LogP contribution in [0.4, 0.5) is 5.69 Å². The number of ether oxygens (including phenoxy) is 1. The number of para-hydroxylation sites is 1. The summed E-state index contributed by atoms with van der Waals surface area (Å²) in [5, 5.41) is 0.583. The minimum Gasteiger partial charge on any atom is -0.496 e. The fourth-order valence-electron chi connectivity index (χ4n) is 3.31. The number of halogens is 1. The Morgan fingerprint density at radius 1 is 0.938 bits per heavy atom. The van der Waals surface area contributed by atoms with Crippen molar-refractivity contribution < 1.29 is 17.9 Å². The second kappa shape index (κ2) is 10.1. The van der Waals surface area contributed by atoms with E-state index >= 15 is 0 Å². The molecule has 0 bridgehead atoms. The summed E-state index contributed by atoms with van der Waals surface area (Å²) in [6, 6.07) is 21.1. The number of nitrogens with zero attached hydrogens (tertiary/aromatic N) is 2. The van der Waals surface area contributed by atoms with Gasteiger partial charge in [-0.15, -0.1) is 0 Å². The summed E-state index contributed by atoms with van der Waals surface area (Å²) in [6.45, 7) is 0.549. The number of anilines is 1. The maximum Gasteiger partial charge on any atom is 0.253 e. The highest BCUT2D eigenvalue weighted by Gasteiger charge is 2.19. The summed E-state index contributed by atoms with van der Waals surface area (Å²) < 4.78 is 31.5. The summed E-state index contributed by atoms with van der Waals surface area (Å²) in [5.74, 6) is 0.541. The molecule has 0 N–H and O–H groups in total. The van der Waals surface area contributed by atoms with E-state index in [4.69, 9.17) is 16.3 Å². The molecule has 0 aliphatic carbocycles. The molecule has 1 amide bonds. The summed E-state index contributed by atoms with van der Waals surface area (Å²) in [5.41, 5.74) is 2.64. The Morgan fingerprint density at radius 2 is 1.56 bits per heavy atom. The zero-order chi connectivity index (χ0) is 23.3. The second-order valence-electron chi connectivity index (χ2n) is 7.42. The number of methoxy groups -OCH3 is 1. The number of carbonyl (C=O) groups excluding carboxylic acids is 1. The van der Waals surface area contributed by atoms with Crippen LogP contribution in [0, 0.1) is 0 Å². The van der Waals surface area contributed by atoms with E-state index in [1.807, 2.05) is 24.3 Å². The molecule has 0 aliphatic heterocycles. The Morgan fingerprint density at radius 3 is 2.16 bits per heavy atom. The molecule has 0 spiro atoms. The lowest BCUT2D eigenvalue weighted by atomic mass is 10.1. The largest absolute Gasteiger partial charge is 0.496 e. The van der Waals surface area contributed by atoms with Crippen molar-refractivity contribution in [2.75, 3.05) is 24.7 Å². The van der Waals surface area contributed by atoms with Gasteiger partial charge in [0.2, 0.25) is 10.0 Å². The molecule has 0 atom stereocenters. The van der Waals surface area contributed by atoms with Crippen LogP contribution in [0.2, 0.25) is 5.02 Å². The fraction of sp³-hybridized carbons (Fsp3) is 0.208. The van der Waals surface area contributed by atoms with E-state index in [1.165, 1.54) is 4.31 Å². The maximum absolute atomic E-state index is 12.9. The summed E-state index contributed by atoms with van der Waals surface area (Å²) in [7, 11) is -0.224. The number of amides is 1. The molecule has 0 aliphatic rings. The Bertz CT molecular complexity index is 1180. The molecule has 0 unspecified atom stereocenters. The summed E-state index contributed by atoms with van der Waals surface area (Å²) in [4.78, 5) is 14.5. The first kappa shape index (κ1) is 23.6. The van der Waals surface area contributed by atoms with Gasteiger partial charge in [-0.2, -0.15) is 0 Å². The minimum absolute atomic E-state index is 0.164. The van der Waals surface area contributed by atoms with Crippen LogP contribution in [0.15, 0.2) is 72.8 Å². The van der Waals surface area contributed by atoms with Crippen LogP contribution in [0.3, 0.4) is 0 Å². The lowest BCUT2D eigenvalue weighted by Crippen LogP contribution is -2.29. The van der Waals surface area contributed by atoms with Crippen molar-refractivity contribution in [3.8, 4) is 5.75 Å². The van der Waals surface area contributed by atoms with Gasteiger partial charge in [-0.05, 0) is 48.0 Å². The first-order chi connectivity index (χ1) is 15.2. The SMILES string of the molecule is COc1ccccc1CN(C)C(=O)c1ccc(N(Cc2ccc(Cl)cc2)S(C)(=O)=O)cc1. The number of carbonyl (C=O) groups is 1. The molecule has 0 fully saturated rings. The Kier molecular flexibility index (Phi) is 7.43. The number of hydrogen-bond acceptors (Lipinski definition) is 4. The van der Waals surface area contributed by atoms with E-state index in [-0.39, 0.29) is 12.5 Å². The molecule has 3 rings (SSSR count). The molecule has 0 aromatic heterocycles. The molecule has 0 radical (unpaired) electrons. The monoisotopic (exact) mass is 472 g/mol. The highest BCUT2D eigenvalue weighted by molar-refractivity contribution is 7.92. The Labute approximate surface area is 194 Å². The van der Waals surface area contributed by atoms with Gasteiger partial charge in [0.1, 0.15) is 5.75 Å². The van der Waals surface area contributed by atoms with Gasteiger partial charge in [-0.25, -0.2) is 8.42 Å². The van der Waals surface area contributed by atoms with Crippen molar-refractivity contribution in [1.82, 2.24) is 4.90 Å². The van der Waals surface area contributed by atoms with Crippen LogP contribution in [0.1, 0.15) is 21.5 Å². The lowest BCUT2D eigenvalue weighted by Gasteiger charge is -2.23. The van der Waals surface area contributed by atoms with E-state index in [9.17, 15) is 13.2 Å². The van der Waals surface area contributed by atoms with Crippen molar-refractivity contribution in [3.63, 3.8) is 0 Å². The molecule has 32 heavy (non-hydrogen) atoms. The molecule has 3 aromatic carbocycles. The van der Waals surface area contributed by atoms with Gasteiger partial charge in [0.15, 0.2) is 0 Å². The Hall–Kier alpha value is -3.03. The molecule has 0 heterocycles. The molecule has 0 saturated heterocycles. The number of sulfonamides is 1. The lowest BCUT2D eigenvalue weighted by molar-refractivity contribution is 0.0784. The molecule has 8 heteroatoms. The van der Waals surface area contributed by atoms with Crippen LogP contribution in [0.5, 0.6) is 5.75 Å². The third-order valence-electron chi connectivity index (χ3n) is 4.99. The predicted molar refractivity (Wildman–Crippen MR) is 128 cm³/mol. The molecule has 0 saturated carbocycles. The second-order valence-corrected chi connectivity index (χ2v) is 9.76. The molecule has 3 aromatic rings. The van der Waals surface area contributed by atoms with Crippen LogP contribution in [0.25, 0.3) is 0 Å². The standard InChI is InChI=1S/C24H25ClN2O4S/c1-26(17-20-6-4-5-7-23(20)31-2)24(28)19-10-14-22(15-11-19)27(32(3,29)30)16-18-8-12-21(25)13-9-18/h4-15H,16-17H2,1-3H3. The highest BCUT2D eigenvalue weighted by atomic mass is 35.5. The third kappa shape index (κ3) is 5.81. The van der Waals surface area contributed by atoms with Crippen LogP contribution in [-0.4, -0.2) is 39.6 Å². The third-order valence-corrected chi connectivity index (χ3v) is 6.38. The number of hydrogen-bond donors (Lipinski definition) is 0.